The number of likely N-dealkylation sites (N-methyl/N-ethyl adjacent to an activating group) is 1. The number of anilines is 2. The van der Waals surface area contributed by atoms with E-state index in [9.17, 15) is 9.59 Å². The molecule has 1 fully saturated rings. The number of benzene rings is 1. The molecule has 3 rings (SSSR count). The van der Waals surface area contributed by atoms with Crippen molar-refractivity contribution in [3.05, 3.63) is 56.3 Å². The molecular formula is C22H33N5O2. The molecule has 1 atom stereocenters. The third kappa shape index (κ3) is 5.44. The summed E-state index contributed by atoms with van der Waals surface area (Å²) < 4.78 is 0. The van der Waals surface area contributed by atoms with E-state index in [4.69, 9.17) is 0 Å². The van der Waals surface area contributed by atoms with Crippen molar-refractivity contribution in [2.45, 2.75) is 12.5 Å². The molecular weight excluding hydrogens is 366 g/mol. The Morgan fingerprint density at radius 1 is 0.966 bits per heavy atom. The highest BCUT2D eigenvalue weighted by molar-refractivity contribution is 5.74. The van der Waals surface area contributed by atoms with Gasteiger partial charge in [-0.2, -0.15) is 0 Å². The molecule has 0 unspecified atom stereocenters. The normalized spacial score (nSPS) is 17.0. The van der Waals surface area contributed by atoms with Gasteiger partial charge in [0, 0.05) is 39.3 Å². The largest absolute Gasteiger partial charge is 0.380 e. The van der Waals surface area contributed by atoms with Crippen molar-refractivity contribution >= 4 is 11.4 Å². The summed E-state index contributed by atoms with van der Waals surface area (Å²) in [5.74, 6) is 0. The predicted molar refractivity (Wildman–Crippen MR) is 120 cm³/mol. The van der Waals surface area contributed by atoms with Crippen LogP contribution in [0.4, 0.5) is 11.4 Å². The second kappa shape index (κ2) is 10.0. The molecule has 0 spiro atoms. The van der Waals surface area contributed by atoms with Crippen LogP contribution >= 0.6 is 0 Å². The third-order valence-electron chi connectivity index (χ3n) is 5.63. The van der Waals surface area contributed by atoms with Gasteiger partial charge in [-0.1, -0.05) is 30.3 Å². The Morgan fingerprint density at radius 3 is 2.21 bits per heavy atom. The molecule has 29 heavy (non-hydrogen) atoms. The highest BCUT2D eigenvalue weighted by Gasteiger charge is 2.26. The highest BCUT2D eigenvalue weighted by Crippen LogP contribution is 2.24. The number of nitrogens with zero attached hydrogens (tertiary/aromatic N) is 3. The van der Waals surface area contributed by atoms with Gasteiger partial charge in [0.1, 0.15) is 11.4 Å². The van der Waals surface area contributed by atoms with E-state index in [0.29, 0.717) is 24.5 Å². The van der Waals surface area contributed by atoms with Crippen molar-refractivity contribution in [2.75, 3.05) is 77.6 Å². The second-order valence-corrected chi connectivity index (χ2v) is 8.14. The summed E-state index contributed by atoms with van der Waals surface area (Å²) in [5.41, 5.74) is 1.29. The first-order chi connectivity index (χ1) is 14.0. The lowest BCUT2D eigenvalue weighted by atomic mass is 10.0. The van der Waals surface area contributed by atoms with E-state index in [1.807, 2.05) is 32.3 Å². The monoisotopic (exact) mass is 399 g/mol. The third-order valence-corrected chi connectivity index (χ3v) is 5.63. The van der Waals surface area contributed by atoms with Crippen LogP contribution in [-0.4, -0.2) is 81.7 Å². The Hall–Kier alpha value is -2.22. The molecule has 1 aliphatic heterocycles. The summed E-state index contributed by atoms with van der Waals surface area (Å²) in [7, 11) is 6.18. The molecule has 158 valence electrons. The van der Waals surface area contributed by atoms with Gasteiger partial charge in [0.25, 0.3) is 10.9 Å². The lowest BCUT2D eigenvalue weighted by molar-refractivity contribution is 0.116. The molecule has 0 aromatic heterocycles. The predicted octanol–water partition coefficient (Wildman–Crippen LogP) is 1.05. The summed E-state index contributed by atoms with van der Waals surface area (Å²) in [4.78, 5) is 31.0. The van der Waals surface area contributed by atoms with E-state index in [-0.39, 0.29) is 6.04 Å². The fraction of sp³-hybridized carbons (Fsp3) is 0.545. The van der Waals surface area contributed by atoms with Gasteiger partial charge in [0.2, 0.25) is 0 Å². The van der Waals surface area contributed by atoms with Crippen LogP contribution < -0.4 is 21.5 Å². The lowest BCUT2D eigenvalue weighted by Crippen LogP contribution is -2.48. The first-order valence-electron chi connectivity index (χ1n) is 10.4. The van der Waals surface area contributed by atoms with Crippen LogP contribution in [0.3, 0.4) is 0 Å². The Labute approximate surface area is 173 Å². The van der Waals surface area contributed by atoms with Crippen LogP contribution in [0.2, 0.25) is 0 Å². The number of piperazine rings is 1. The average Bonchev–Trinajstić information content (AvgIpc) is 2.73. The van der Waals surface area contributed by atoms with E-state index in [0.717, 1.165) is 39.1 Å². The lowest BCUT2D eigenvalue weighted by Gasteiger charge is -2.38. The number of rotatable bonds is 10. The van der Waals surface area contributed by atoms with Gasteiger partial charge in [0.05, 0.1) is 6.04 Å². The summed E-state index contributed by atoms with van der Waals surface area (Å²) in [6, 6.07) is 10.5. The topological polar surface area (TPSA) is 67.9 Å². The van der Waals surface area contributed by atoms with Gasteiger partial charge in [-0.25, -0.2) is 0 Å². The highest BCUT2D eigenvalue weighted by atomic mass is 16.2. The van der Waals surface area contributed by atoms with Crippen molar-refractivity contribution in [1.29, 1.82) is 0 Å². The molecule has 2 N–H and O–H groups in total. The van der Waals surface area contributed by atoms with Crippen LogP contribution in [-0.2, 0) is 0 Å². The molecule has 0 saturated carbocycles. The van der Waals surface area contributed by atoms with E-state index < -0.39 is 10.9 Å². The van der Waals surface area contributed by atoms with Crippen LogP contribution in [0.1, 0.15) is 18.0 Å². The zero-order chi connectivity index (χ0) is 20.8. The Kier molecular flexibility index (Phi) is 7.41. The Bertz CT molecular complexity index is 837. The van der Waals surface area contributed by atoms with Gasteiger partial charge >= 0.3 is 0 Å². The zero-order valence-corrected chi connectivity index (χ0v) is 17.8. The molecule has 1 aliphatic rings. The minimum absolute atomic E-state index is 0.163. The Morgan fingerprint density at radius 2 is 1.59 bits per heavy atom. The van der Waals surface area contributed by atoms with Crippen LogP contribution in [0.25, 0.3) is 0 Å². The second-order valence-electron chi connectivity index (χ2n) is 8.14. The number of hydrogen-bond acceptors (Lipinski definition) is 7. The van der Waals surface area contributed by atoms with Crippen molar-refractivity contribution in [2.24, 2.45) is 0 Å². The summed E-state index contributed by atoms with van der Waals surface area (Å²) >= 11 is 0. The van der Waals surface area contributed by atoms with Gasteiger partial charge in [-0.15, -0.1) is 0 Å². The smallest absolute Gasteiger partial charge is 0.253 e. The maximum absolute atomic E-state index is 12.1. The minimum Gasteiger partial charge on any atom is -0.380 e. The van der Waals surface area contributed by atoms with Crippen LogP contribution in [0.15, 0.2) is 39.9 Å². The quantitative estimate of drug-likeness (QED) is 0.457. The molecule has 0 radical (unpaired) electrons. The number of hydrogen-bond donors (Lipinski definition) is 2. The fourth-order valence-electron chi connectivity index (χ4n) is 3.80. The molecule has 1 heterocycles. The van der Waals surface area contributed by atoms with Crippen molar-refractivity contribution in [1.82, 2.24) is 14.7 Å². The van der Waals surface area contributed by atoms with E-state index >= 15 is 0 Å². The molecule has 1 saturated heterocycles. The summed E-state index contributed by atoms with van der Waals surface area (Å²) in [6.07, 6.45) is 0.916. The first-order valence-corrected chi connectivity index (χ1v) is 10.4. The summed E-state index contributed by atoms with van der Waals surface area (Å²) in [5, 5.41) is 6.44. The minimum atomic E-state index is -0.412. The van der Waals surface area contributed by atoms with Gasteiger partial charge in [0.15, 0.2) is 0 Å². The van der Waals surface area contributed by atoms with Crippen molar-refractivity contribution in [3.8, 4) is 0 Å². The zero-order valence-electron chi connectivity index (χ0n) is 17.8. The molecule has 2 aromatic carbocycles. The van der Waals surface area contributed by atoms with E-state index in [1.165, 1.54) is 5.56 Å². The standard InChI is InChI=1S/C22H33N5O2/c1-25(2)11-7-10-23-19-20(22(29)21(19)28)24-16-18(17-8-5-4-6-9-17)27-14-12-26(3)13-15-27/h4-6,8-9,18,23-24H,7,10-16H2,1-3H3/t18-/m1/s1. The molecule has 2 aromatic rings. The van der Waals surface area contributed by atoms with Crippen LogP contribution in [0, 0.1) is 0 Å². The Balaban J connectivity index is 1.66. The average molecular weight is 400 g/mol. The molecule has 0 bridgehead atoms. The van der Waals surface area contributed by atoms with Crippen molar-refractivity contribution in [3.63, 3.8) is 0 Å². The summed E-state index contributed by atoms with van der Waals surface area (Å²) in [6.45, 7) is 6.25. The van der Waals surface area contributed by atoms with E-state index in [1.54, 1.807) is 0 Å². The first kappa shape index (κ1) is 21.5. The molecule has 7 nitrogen and oxygen atoms in total. The molecule has 0 aliphatic carbocycles. The van der Waals surface area contributed by atoms with Crippen molar-refractivity contribution < 1.29 is 0 Å². The number of nitrogens with one attached hydrogen (secondary N) is 2. The molecule has 0 amide bonds. The van der Waals surface area contributed by atoms with Gasteiger partial charge in [-0.05, 0) is 39.7 Å². The maximum Gasteiger partial charge on any atom is 0.253 e. The van der Waals surface area contributed by atoms with Gasteiger partial charge < -0.3 is 20.4 Å². The van der Waals surface area contributed by atoms with E-state index in [2.05, 4.69) is 44.5 Å². The van der Waals surface area contributed by atoms with Crippen LogP contribution in [0.5, 0.6) is 0 Å². The maximum atomic E-state index is 12.1. The molecule has 7 heteroatoms. The SMILES string of the molecule is CN(C)CCCNc1c(NC[C@H](c2ccccc2)N2CCN(C)CC2)c(=O)c1=O. The fourth-order valence-corrected chi connectivity index (χ4v) is 3.80. The van der Waals surface area contributed by atoms with Gasteiger partial charge in [-0.3, -0.25) is 14.5 Å².